The van der Waals surface area contributed by atoms with Gasteiger partial charge >= 0.3 is 5.69 Å². The highest BCUT2D eigenvalue weighted by atomic mass is 16.1. The van der Waals surface area contributed by atoms with Gasteiger partial charge in [0, 0.05) is 17.8 Å². The molecule has 7 heteroatoms. The summed E-state index contributed by atoms with van der Waals surface area (Å²) in [7, 11) is 0. The van der Waals surface area contributed by atoms with Crippen molar-refractivity contribution in [1.82, 2.24) is 29.8 Å². The van der Waals surface area contributed by atoms with Gasteiger partial charge in [0.1, 0.15) is 0 Å². The molecule has 2 heterocycles. The number of H-pyrrole nitrogens is 1. The van der Waals surface area contributed by atoms with E-state index < -0.39 is 0 Å². The number of benzene rings is 2. The predicted octanol–water partition coefficient (Wildman–Crippen LogP) is 4.62. The Kier molecular flexibility index (Phi) is 6.39. The normalized spacial score (nSPS) is 14.0. The van der Waals surface area contributed by atoms with Crippen molar-refractivity contribution in [1.29, 1.82) is 0 Å². The molecule has 2 aromatic carbocycles. The molecule has 0 radical (unpaired) electrons. The maximum Gasteiger partial charge on any atom is 0.328 e. The van der Waals surface area contributed by atoms with Gasteiger partial charge in [0.05, 0.1) is 18.7 Å². The van der Waals surface area contributed by atoms with E-state index in [-0.39, 0.29) is 11.7 Å². The molecule has 1 saturated carbocycles. The lowest BCUT2D eigenvalue weighted by Crippen LogP contribution is -2.29. The van der Waals surface area contributed by atoms with E-state index in [4.69, 9.17) is 0 Å². The molecule has 0 spiro atoms. The van der Waals surface area contributed by atoms with Crippen LogP contribution in [0.15, 0.2) is 59.5 Å². The van der Waals surface area contributed by atoms with Gasteiger partial charge in [-0.25, -0.2) is 4.79 Å². The number of imidazole rings is 1. The summed E-state index contributed by atoms with van der Waals surface area (Å²) in [4.78, 5) is 13.5. The smallest absolute Gasteiger partial charge is 0.296 e. The average Bonchev–Trinajstić information content (AvgIpc) is 3.53. The highest BCUT2D eigenvalue weighted by molar-refractivity contribution is 5.80. The van der Waals surface area contributed by atoms with E-state index in [2.05, 4.69) is 62.8 Å². The molecule has 2 aromatic heterocycles. The standard InChI is InChI=1S/C27H28N6O/c1-2-3-12-23-19-33(22-13-8-5-9-14-22)27(34)32(23)18-20-15-16-24(21-10-6-4-7-11-21)25(17-20)26-28-30-31-29-26/h4,6-7,10-11,15-17,19,22H,5,8-9,12-14,18H2,1H3,(H,28,29,30,31). The fraction of sp³-hybridized carbons (Fsp3) is 0.333. The SMILES string of the molecule is CC#CCc1cn(C2CCCCC2)c(=O)n1Cc1ccc(-c2ccccc2)c(-c2nn[nH]n2)c1. The zero-order valence-electron chi connectivity index (χ0n) is 19.4. The Labute approximate surface area is 198 Å². The highest BCUT2D eigenvalue weighted by Gasteiger charge is 2.21. The fourth-order valence-electron chi connectivity index (χ4n) is 4.86. The Morgan fingerprint density at radius 1 is 1.06 bits per heavy atom. The quantitative estimate of drug-likeness (QED) is 0.433. The van der Waals surface area contributed by atoms with Crippen LogP contribution in [0.25, 0.3) is 22.5 Å². The van der Waals surface area contributed by atoms with Crippen LogP contribution in [0.4, 0.5) is 0 Å². The predicted molar refractivity (Wildman–Crippen MR) is 132 cm³/mol. The third-order valence-electron chi connectivity index (χ3n) is 6.60. The molecule has 34 heavy (non-hydrogen) atoms. The monoisotopic (exact) mass is 452 g/mol. The minimum atomic E-state index is 0.0491. The van der Waals surface area contributed by atoms with Gasteiger partial charge in [0.2, 0.25) is 5.82 Å². The van der Waals surface area contributed by atoms with Crippen LogP contribution in [0.1, 0.15) is 56.3 Å². The molecule has 7 nitrogen and oxygen atoms in total. The van der Waals surface area contributed by atoms with Crippen LogP contribution in [0.2, 0.25) is 0 Å². The largest absolute Gasteiger partial charge is 0.328 e. The molecule has 0 amide bonds. The second kappa shape index (κ2) is 9.92. The van der Waals surface area contributed by atoms with Crippen molar-refractivity contribution in [2.45, 2.75) is 58.0 Å². The Bertz CT molecular complexity index is 1370. The third kappa shape index (κ3) is 4.44. The Balaban J connectivity index is 1.55. The molecule has 1 aliphatic carbocycles. The highest BCUT2D eigenvalue weighted by Crippen LogP contribution is 2.31. The van der Waals surface area contributed by atoms with E-state index in [0.29, 0.717) is 18.8 Å². The van der Waals surface area contributed by atoms with Crippen molar-refractivity contribution in [3.8, 4) is 34.4 Å². The summed E-state index contributed by atoms with van der Waals surface area (Å²) >= 11 is 0. The third-order valence-corrected chi connectivity index (χ3v) is 6.60. The van der Waals surface area contributed by atoms with E-state index in [0.717, 1.165) is 40.8 Å². The molecule has 0 aliphatic heterocycles. The molecule has 0 bridgehead atoms. The number of hydrogen-bond acceptors (Lipinski definition) is 4. The van der Waals surface area contributed by atoms with Crippen molar-refractivity contribution in [3.63, 3.8) is 0 Å². The fourth-order valence-corrected chi connectivity index (χ4v) is 4.86. The van der Waals surface area contributed by atoms with Gasteiger partial charge in [-0.05, 0) is 47.7 Å². The molecule has 0 unspecified atom stereocenters. The van der Waals surface area contributed by atoms with Crippen LogP contribution in [-0.2, 0) is 13.0 Å². The van der Waals surface area contributed by atoms with Gasteiger partial charge in [-0.1, -0.05) is 67.6 Å². The van der Waals surface area contributed by atoms with Gasteiger partial charge in [-0.2, -0.15) is 5.21 Å². The number of rotatable bonds is 6. The molecule has 1 N–H and O–H groups in total. The van der Waals surface area contributed by atoms with Crippen molar-refractivity contribution in [2.75, 3.05) is 0 Å². The number of aromatic nitrogens is 6. The van der Waals surface area contributed by atoms with Gasteiger partial charge in [-0.15, -0.1) is 16.1 Å². The van der Waals surface area contributed by atoms with Crippen molar-refractivity contribution < 1.29 is 0 Å². The van der Waals surface area contributed by atoms with Crippen molar-refractivity contribution in [3.05, 3.63) is 76.5 Å². The van der Waals surface area contributed by atoms with E-state index in [1.54, 1.807) is 0 Å². The second-order valence-corrected chi connectivity index (χ2v) is 8.77. The van der Waals surface area contributed by atoms with Crippen molar-refractivity contribution in [2.24, 2.45) is 0 Å². The Hall–Kier alpha value is -3.92. The minimum Gasteiger partial charge on any atom is -0.296 e. The lowest BCUT2D eigenvalue weighted by molar-refractivity contribution is 0.344. The molecule has 4 aromatic rings. The summed E-state index contributed by atoms with van der Waals surface area (Å²) in [6.45, 7) is 2.30. The molecule has 0 atom stereocenters. The van der Waals surface area contributed by atoms with Crippen LogP contribution in [0.5, 0.6) is 0 Å². The molecule has 5 rings (SSSR count). The van der Waals surface area contributed by atoms with E-state index in [1.165, 1.54) is 19.3 Å². The molecule has 1 fully saturated rings. The second-order valence-electron chi connectivity index (χ2n) is 8.77. The number of nitrogens with zero attached hydrogens (tertiary/aromatic N) is 5. The molecule has 1 aliphatic rings. The van der Waals surface area contributed by atoms with Crippen LogP contribution >= 0.6 is 0 Å². The summed E-state index contributed by atoms with van der Waals surface area (Å²) in [5.41, 5.74) is 5.00. The lowest BCUT2D eigenvalue weighted by Gasteiger charge is -2.22. The zero-order valence-corrected chi connectivity index (χ0v) is 19.4. The van der Waals surface area contributed by atoms with Crippen LogP contribution in [-0.4, -0.2) is 29.8 Å². The number of hydrogen-bond donors (Lipinski definition) is 1. The van der Waals surface area contributed by atoms with Gasteiger partial charge in [-0.3, -0.25) is 9.13 Å². The Morgan fingerprint density at radius 3 is 2.62 bits per heavy atom. The summed E-state index contributed by atoms with van der Waals surface area (Å²) in [6, 6.07) is 16.6. The summed E-state index contributed by atoms with van der Waals surface area (Å²) in [5, 5.41) is 14.8. The zero-order chi connectivity index (χ0) is 23.3. The first-order valence-corrected chi connectivity index (χ1v) is 11.9. The van der Waals surface area contributed by atoms with Crippen LogP contribution in [0, 0.1) is 11.8 Å². The summed E-state index contributed by atoms with van der Waals surface area (Å²) in [6.07, 6.45) is 8.34. The van der Waals surface area contributed by atoms with Gasteiger partial charge in [0.15, 0.2) is 0 Å². The average molecular weight is 453 g/mol. The summed E-state index contributed by atoms with van der Waals surface area (Å²) < 4.78 is 3.82. The maximum absolute atomic E-state index is 13.5. The first kappa shape index (κ1) is 21.9. The molecular formula is C27H28N6O. The first-order chi connectivity index (χ1) is 16.7. The van der Waals surface area contributed by atoms with E-state index in [1.807, 2.05) is 40.5 Å². The van der Waals surface area contributed by atoms with E-state index >= 15 is 0 Å². The summed E-state index contributed by atoms with van der Waals surface area (Å²) in [5.74, 6) is 6.64. The molecule has 0 saturated heterocycles. The van der Waals surface area contributed by atoms with Crippen LogP contribution in [0.3, 0.4) is 0 Å². The molecule has 172 valence electrons. The lowest BCUT2D eigenvalue weighted by atomic mass is 9.95. The van der Waals surface area contributed by atoms with Gasteiger partial charge < -0.3 is 0 Å². The first-order valence-electron chi connectivity index (χ1n) is 11.9. The number of tetrazole rings is 1. The number of aromatic amines is 1. The van der Waals surface area contributed by atoms with Gasteiger partial charge in [0.25, 0.3) is 0 Å². The van der Waals surface area contributed by atoms with Crippen LogP contribution < -0.4 is 5.69 Å². The number of nitrogens with one attached hydrogen (secondary N) is 1. The molecular weight excluding hydrogens is 424 g/mol. The Morgan fingerprint density at radius 2 is 1.88 bits per heavy atom. The van der Waals surface area contributed by atoms with Crippen molar-refractivity contribution >= 4 is 0 Å². The minimum absolute atomic E-state index is 0.0491. The topological polar surface area (TPSA) is 81.4 Å². The van der Waals surface area contributed by atoms with E-state index in [9.17, 15) is 4.79 Å². The maximum atomic E-state index is 13.5.